The smallest absolute Gasteiger partial charge is 0.318 e. The molecule has 4 heteroatoms. The van der Waals surface area contributed by atoms with E-state index in [1.165, 1.54) is 0 Å². The van der Waals surface area contributed by atoms with E-state index < -0.39 is 5.97 Å². The van der Waals surface area contributed by atoms with E-state index in [-0.39, 0.29) is 5.88 Å². The van der Waals surface area contributed by atoms with Gasteiger partial charge in [0, 0.05) is 5.88 Å². The van der Waals surface area contributed by atoms with Gasteiger partial charge in [0.25, 0.3) is 0 Å². The minimum absolute atomic E-state index is 0.306. The SMILES string of the molecule is CCCl.O=C(O)CCl. The van der Waals surface area contributed by atoms with Crippen LogP contribution in [0.2, 0.25) is 0 Å². The summed E-state index contributed by atoms with van der Waals surface area (Å²) in [5.74, 6) is -0.563. The van der Waals surface area contributed by atoms with Crippen LogP contribution >= 0.6 is 23.2 Å². The number of carbonyl (C=O) groups is 1. The normalized spacial score (nSPS) is 6.88. The molecule has 0 saturated heterocycles. The highest BCUT2D eigenvalue weighted by atomic mass is 35.5. The second-order valence-corrected chi connectivity index (χ2v) is 1.60. The number of carboxylic acids is 1. The molecule has 8 heavy (non-hydrogen) atoms. The minimum atomic E-state index is -0.980. The van der Waals surface area contributed by atoms with Gasteiger partial charge in [0.05, 0.1) is 0 Å². The van der Waals surface area contributed by atoms with Crippen molar-refractivity contribution in [2.45, 2.75) is 6.92 Å². The number of alkyl halides is 2. The Bertz CT molecular complexity index is 56.0. The molecule has 0 heterocycles. The minimum Gasteiger partial charge on any atom is -0.480 e. The van der Waals surface area contributed by atoms with Crippen LogP contribution in [0, 0.1) is 0 Å². The van der Waals surface area contributed by atoms with Crippen LogP contribution in [0.4, 0.5) is 0 Å². The Morgan fingerprint density at radius 3 is 1.75 bits per heavy atom. The molecule has 0 fully saturated rings. The highest BCUT2D eigenvalue weighted by molar-refractivity contribution is 6.26. The van der Waals surface area contributed by atoms with Crippen LogP contribution in [-0.2, 0) is 4.79 Å². The van der Waals surface area contributed by atoms with Gasteiger partial charge >= 0.3 is 5.97 Å². The molecule has 0 saturated carbocycles. The molecule has 2 nitrogen and oxygen atoms in total. The number of halogens is 2. The third-order valence-electron chi connectivity index (χ3n) is 0.114. The highest BCUT2D eigenvalue weighted by Crippen LogP contribution is 1.67. The lowest BCUT2D eigenvalue weighted by Crippen LogP contribution is -1.92. The quantitative estimate of drug-likeness (QED) is 0.589. The molecule has 1 N–H and O–H groups in total. The molecule has 0 aliphatic rings. The molecule has 0 aliphatic carbocycles. The van der Waals surface area contributed by atoms with E-state index in [0.29, 0.717) is 0 Å². The van der Waals surface area contributed by atoms with E-state index in [0.717, 1.165) is 5.88 Å². The lowest BCUT2D eigenvalue weighted by atomic mass is 10.8. The van der Waals surface area contributed by atoms with Crippen molar-refractivity contribution >= 4 is 29.2 Å². The number of carboxylic acid groups (broad SMARTS) is 1. The van der Waals surface area contributed by atoms with Gasteiger partial charge in [0.1, 0.15) is 5.88 Å². The van der Waals surface area contributed by atoms with Gasteiger partial charge in [-0.25, -0.2) is 0 Å². The van der Waals surface area contributed by atoms with Crippen molar-refractivity contribution in [3.63, 3.8) is 0 Å². The molecule has 0 bridgehead atoms. The van der Waals surface area contributed by atoms with Gasteiger partial charge in [-0.1, -0.05) is 6.92 Å². The first kappa shape index (κ1) is 10.9. The Labute approximate surface area is 58.4 Å². The molecule has 0 unspecified atom stereocenters. The Balaban J connectivity index is 0. The number of hydrogen-bond donors (Lipinski definition) is 1. The van der Waals surface area contributed by atoms with E-state index >= 15 is 0 Å². The van der Waals surface area contributed by atoms with Crippen LogP contribution in [0.3, 0.4) is 0 Å². The van der Waals surface area contributed by atoms with Crippen molar-refractivity contribution in [1.82, 2.24) is 0 Å². The fourth-order valence-electron chi connectivity index (χ4n) is 0. The van der Waals surface area contributed by atoms with Crippen molar-refractivity contribution in [1.29, 1.82) is 0 Å². The molecule has 0 aromatic rings. The first-order valence-corrected chi connectivity index (χ1v) is 3.09. The van der Waals surface area contributed by atoms with Crippen molar-refractivity contribution in [3.05, 3.63) is 0 Å². The monoisotopic (exact) mass is 158 g/mol. The maximum atomic E-state index is 9.24. The van der Waals surface area contributed by atoms with Crippen LogP contribution in [0.1, 0.15) is 6.92 Å². The van der Waals surface area contributed by atoms with Crippen LogP contribution in [-0.4, -0.2) is 22.8 Å². The first-order valence-electron chi connectivity index (χ1n) is 2.02. The van der Waals surface area contributed by atoms with Crippen LogP contribution in [0.5, 0.6) is 0 Å². The third-order valence-corrected chi connectivity index (χ3v) is 0.343. The summed E-state index contributed by atoms with van der Waals surface area (Å²) in [5.41, 5.74) is 0. The van der Waals surface area contributed by atoms with Gasteiger partial charge in [-0.15, -0.1) is 23.2 Å². The summed E-state index contributed by atoms with van der Waals surface area (Å²) in [7, 11) is 0. The van der Waals surface area contributed by atoms with Crippen molar-refractivity contribution in [3.8, 4) is 0 Å². The molecular formula is C4H8Cl2O2. The third kappa shape index (κ3) is 36.7. The number of rotatable bonds is 1. The van der Waals surface area contributed by atoms with Gasteiger partial charge in [-0.3, -0.25) is 4.79 Å². The molecular weight excluding hydrogens is 151 g/mol. The van der Waals surface area contributed by atoms with E-state index in [2.05, 4.69) is 0 Å². The zero-order valence-corrected chi connectivity index (χ0v) is 6.04. The first-order chi connectivity index (χ1) is 3.68. The molecule has 0 rings (SSSR count). The van der Waals surface area contributed by atoms with Gasteiger partial charge < -0.3 is 5.11 Å². The Morgan fingerprint density at radius 2 is 1.75 bits per heavy atom. The van der Waals surface area contributed by atoms with Gasteiger partial charge in [-0.05, 0) is 0 Å². The van der Waals surface area contributed by atoms with E-state index in [1.54, 1.807) is 0 Å². The summed E-state index contributed by atoms with van der Waals surface area (Å²) in [6.45, 7) is 1.89. The number of hydrogen-bond acceptors (Lipinski definition) is 1. The standard InChI is InChI=1S/C2H3ClO2.C2H5Cl/c3-1-2(4)5;1-2-3/h1H2,(H,4,5);2H2,1H3. The summed E-state index contributed by atoms with van der Waals surface area (Å²) in [6.07, 6.45) is 0. The molecule has 50 valence electrons. The lowest BCUT2D eigenvalue weighted by Gasteiger charge is -1.69. The fraction of sp³-hybridized carbons (Fsp3) is 0.750. The second-order valence-electron chi connectivity index (χ2n) is 0.795. The molecule has 0 atom stereocenters. The summed E-state index contributed by atoms with van der Waals surface area (Å²) in [6, 6.07) is 0. The van der Waals surface area contributed by atoms with Crippen molar-refractivity contribution in [2.24, 2.45) is 0 Å². The second kappa shape index (κ2) is 10.1. The summed E-state index contributed by atoms with van der Waals surface area (Å²) in [5, 5.41) is 7.59. The van der Waals surface area contributed by atoms with Crippen LogP contribution < -0.4 is 0 Å². The maximum Gasteiger partial charge on any atom is 0.318 e. The maximum absolute atomic E-state index is 9.24. The van der Waals surface area contributed by atoms with Gasteiger partial charge in [-0.2, -0.15) is 0 Å². The average molecular weight is 159 g/mol. The molecule has 0 aromatic heterocycles. The summed E-state index contributed by atoms with van der Waals surface area (Å²) in [4.78, 5) is 9.24. The van der Waals surface area contributed by atoms with Gasteiger partial charge in [0.15, 0.2) is 0 Å². The Kier molecular flexibility index (Phi) is 13.8. The Morgan fingerprint density at radius 1 is 1.62 bits per heavy atom. The largest absolute Gasteiger partial charge is 0.480 e. The number of aliphatic carboxylic acids is 1. The zero-order valence-electron chi connectivity index (χ0n) is 4.53. The molecule has 0 aromatic carbocycles. The van der Waals surface area contributed by atoms with Gasteiger partial charge in [0.2, 0.25) is 0 Å². The molecule has 0 radical (unpaired) electrons. The molecule has 0 spiro atoms. The topological polar surface area (TPSA) is 37.3 Å². The molecule has 0 aliphatic heterocycles. The molecule has 0 amide bonds. The predicted octanol–water partition coefficient (Wildman–Crippen LogP) is 1.55. The summed E-state index contributed by atoms with van der Waals surface area (Å²) >= 11 is 9.74. The Hall–Kier alpha value is 0.0500. The van der Waals surface area contributed by atoms with Crippen molar-refractivity contribution in [2.75, 3.05) is 11.8 Å². The predicted molar refractivity (Wildman–Crippen MR) is 34.7 cm³/mol. The van der Waals surface area contributed by atoms with E-state index in [1.807, 2.05) is 6.92 Å². The van der Waals surface area contributed by atoms with E-state index in [9.17, 15) is 4.79 Å². The van der Waals surface area contributed by atoms with Crippen LogP contribution in [0.25, 0.3) is 0 Å². The van der Waals surface area contributed by atoms with Crippen molar-refractivity contribution < 1.29 is 9.90 Å². The summed E-state index contributed by atoms with van der Waals surface area (Å²) < 4.78 is 0. The lowest BCUT2D eigenvalue weighted by molar-refractivity contribution is -0.134. The highest BCUT2D eigenvalue weighted by Gasteiger charge is 1.83. The fourth-order valence-corrected chi connectivity index (χ4v) is 0. The van der Waals surface area contributed by atoms with Crippen LogP contribution in [0.15, 0.2) is 0 Å². The zero-order chi connectivity index (χ0) is 6.99. The average Bonchev–Trinajstić information content (AvgIpc) is 1.69. The van der Waals surface area contributed by atoms with E-state index in [4.69, 9.17) is 28.3 Å².